The molecule has 0 heterocycles. The van der Waals surface area contributed by atoms with Crippen LogP contribution in [0.4, 0.5) is 0 Å². The quantitative estimate of drug-likeness (QED) is 0.433. The van der Waals surface area contributed by atoms with Crippen molar-refractivity contribution in [2.24, 2.45) is 0 Å². The first-order valence-electron chi connectivity index (χ1n) is 7.03. The predicted molar refractivity (Wildman–Crippen MR) is 86.9 cm³/mol. The molecule has 0 aliphatic rings. The topological polar surface area (TPSA) is 9.23 Å². The average Bonchev–Trinajstić information content (AvgIpc) is 2.47. The van der Waals surface area contributed by atoms with E-state index in [1.165, 1.54) is 10.8 Å². The van der Waals surface area contributed by atoms with Crippen LogP contribution in [-0.2, 0) is 0 Å². The summed E-state index contributed by atoms with van der Waals surface area (Å²) in [6, 6.07) is 16.5. The van der Waals surface area contributed by atoms with Gasteiger partial charge in [-0.15, -0.1) is 0 Å². The van der Waals surface area contributed by atoms with Crippen molar-refractivity contribution in [2.75, 3.05) is 6.61 Å². The van der Waals surface area contributed by atoms with Crippen LogP contribution in [0, 0.1) is 0 Å². The van der Waals surface area contributed by atoms with Crippen molar-refractivity contribution < 1.29 is 4.74 Å². The Hall–Kier alpha value is -1.73. The number of hydrogen-bond acceptors (Lipinski definition) is 1. The molecular weight excluding hydrogens is 268 g/mol. The van der Waals surface area contributed by atoms with E-state index in [2.05, 4.69) is 37.3 Å². The molecule has 102 valence electrons. The Morgan fingerprint density at radius 1 is 0.950 bits per heavy atom. The minimum atomic E-state index is 0.742. The first kappa shape index (κ1) is 13.3. The van der Waals surface area contributed by atoms with Crippen LogP contribution in [0.5, 0.6) is 5.75 Å². The molecule has 20 heavy (non-hydrogen) atoms. The fourth-order valence-corrected chi connectivity index (χ4v) is 2.64. The highest BCUT2D eigenvalue weighted by Gasteiger charge is 2.09. The van der Waals surface area contributed by atoms with Gasteiger partial charge < -0.3 is 4.74 Å². The van der Waals surface area contributed by atoms with Gasteiger partial charge >= 0.3 is 0 Å². The fourth-order valence-electron chi connectivity index (χ4n) is 2.47. The highest BCUT2D eigenvalue weighted by molar-refractivity contribution is 6.31. The molecule has 0 fully saturated rings. The summed E-state index contributed by atoms with van der Waals surface area (Å²) in [5.41, 5.74) is 0. The van der Waals surface area contributed by atoms with Crippen LogP contribution < -0.4 is 4.74 Å². The molecule has 0 unspecified atom stereocenters. The van der Waals surface area contributed by atoms with E-state index < -0.39 is 0 Å². The van der Waals surface area contributed by atoms with Gasteiger partial charge in [-0.05, 0) is 35.4 Å². The number of halogens is 1. The van der Waals surface area contributed by atoms with Crippen molar-refractivity contribution in [3.05, 3.63) is 53.6 Å². The lowest BCUT2D eigenvalue weighted by atomic mass is 10.0. The molecule has 0 aliphatic carbocycles. The van der Waals surface area contributed by atoms with Crippen molar-refractivity contribution in [3.63, 3.8) is 0 Å². The van der Waals surface area contributed by atoms with Crippen LogP contribution in [0.15, 0.2) is 48.5 Å². The summed E-state index contributed by atoms with van der Waals surface area (Å²) < 4.78 is 6.07. The van der Waals surface area contributed by atoms with E-state index in [0.717, 1.165) is 41.0 Å². The SMILES string of the molecule is CCCCOc1c2ccccc2cc2ccc(Cl)cc12. The van der Waals surface area contributed by atoms with Crippen molar-refractivity contribution in [3.8, 4) is 5.75 Å². The number of fused-ring (bicyclic) bond motifs is 2. The lowest BCUT2D eigenvalue weighted by Crippen LogP contribution is -1.98. The number of rotatable bonds is 4. The zero-order valence-corrected chi connectivity index (χ0v) is 12.3. The molecule has 0 atom stereocenters. The van der Waals surface area contributed by atoms with Gasteiger partial charge in [0.15, 0.2) is 0 Å². The first-order chi connectivity index (χ1) is 9.79. The molecular formula is C18H17ClO. The van der Waals surface area contributed by atoms with E-state index in [4.69, 9.17) is 16.3 Å². The molecule has 0 bridgehead atoms. The molecule has 0 aliphatic heterocycles. The summed E-state index contributed by atoms with van der Waals surface area (Å²) in [7, 11) is 0. The summed E-state index contributed by atoms with van der Waals surface area (Å²) in [6.45, 7) is 2.91. The molecule has 1 nitrogen and oxygen atoms in total. The number of ether oxygens (including phenoxy) is 1. The second-order valence-corrected chi connectivity index (χ2v) is 5.43. The Kier molecular flexibility index (Phi) is 3.79. The Morgan fingerprint density at radius 3 is 2.60 bits per heavy atom. The van der Waals surface area contributed by atoms with Crippen molar-refractivity contribution in [1.29, 1.82) is 0 Å². The van der Waals surface area contributed by atoms with Crippen LogP contribution in [0.2, 0.25) is 5.02 Å². The Morgan fingerprint density at radius 2 is 1.75 bits per heavy atom. The minimum Gasteiger partial charge on any atom is -0.492 e. The second-order valence-electron chi connectivity index (χ2n) is 4.99. The Bertz CT molecular complexity index is 749. The van der Waals surface area contributed by atoms with Crippen molar-refractivity contribution in [2.45, 2.75) is 19.8 Å². The third-order valence-electron chi connectivity index (χ3n) is 3.52. The Labute approximate surface area is 124 Å². The van der Waals surface area contributed by atoms with Gasteiger partial charge in [0.1, 0.15) is 5.75 Å². The van der Waals surface area contributed by atoms with E-state index in [1.54, 1.807) is 0 Å². The van der Waals surface area contributed by atoms with Gasteiger partial charge in [0, 0.05) is 15.8 Å². The van der Waals surface area contributed by atoms with Gasteiger partial charge in [0.25, 0.3) is 0 Å². The molecule has 0 saturated heterocycles. The number of unbranched alkanes of at least 4 members (excludes halogenated alkanes) is 1. The molecule has 0 spiro atoms. The molecule has 0 N–H and O–H groups in total. The minimum absolute atomic E-state index is 0.742. The van der Waals surface area contributed by atoms with E-state index in [0.29, 0.717) is 0 Å². The average molecular weight is 285 g/mol. The van der Waals surface area contributed by atoms with Crippen LogP contribution in [0.1, 0.15) is 19.8 Å². The maximum absolute atomic E-state index is 6.15. The highest BCUT2D eigenvalue weighted by atomic mass is 35.5. The monoisotopic (exact) mass is 284 g/mol. The molecule has 3 aromatic rings. The third kappa shape index (κ3) is 2.46. The van der Waals surface area contributed by atoms with Crippen LogP contribution in [-0.4, -0.2) is 6.61 Å². The normalized spacial score (nSPS) is 11.1. The van der Waals surface area contributed by atoms with E-state index in [9.17, 15) is 0 Å². The van der Waals surface area contributed by atoms with Crippen LogP contribution in [0.3, 0.4) is 0 Å². The van der Waals surface area contributed by atoms with Crippen molar-refractivity contribution in [1.82, 2.24) is 0 Å². The fraction of sp³-hybridized carbons (Fsp3) is 0.222. The van der Waals surface area contributed by atoms with Crippen LogP contribution >= 0.6 is 11.6 Å². The molecule has 0 saturated carbocycles. The molecule has 3 rings (SSSR count). The lowest BCUT2D eigenvalue weighted by molar-refractivity contribution is 0.316. The smallest absolute Gasteiger partial charge is 0.134 e. The summed E-state index contributed by atoms with van der Waals surface area (Å²) >= 11 is 6.15. The molecule has 0 amide bonds. The maximum Gasteiger partial charge on any atom is 0.134 e. The third-order valence-corrected chi connectivity index (χ3v) is 3.76. The second kappa shape index (κ2) is 5.72. The maximum atomic E-state index is 6.15. The zero-order chi connectivity index (χ0) is 13.9. The summed E-state index contributed by atoms with van der Waals surface area (Å²) in [6.07, 6.45) is 2.19. The summed E-state index contributed by atoms with van der Waals surface area (Å²) in [5.74, 6) is 0.953. The van der Waals surface area contributed by atoms with Crippen molar-refractivity contribution >= 4 is 33.1 Å². The molecule has 2 heteroatoms. The van der Waals surface area contributed by atoms with Gasteiger partial charge in [-0.1, -0.05) is 55.3 Å². The molecule has 0 radical (unpaired) electrons. The lowest BCUT2D eigenvalue weighted by Gasteiger charge is -2.13. The van der Waals surface area contributed by atoms with Gasteiger partial charge in [0.2, 0.25) is 0 Å². The highest BCUT2D eigenvalue weighted by Crippen LogP contribution is 2.36. The van der Waals surface area contributed by atoms with E-state index >= 15 is 0 Å². The summed E-state index contributed by atoms with van der Waals surface area (Å²) in [5, 5.41) is 5.35. The Balaban J connectivity index is 2.24. The zero-order valence-electron chi connectivity index (χ0n) is 11.5. The largest absolute Gasteiger partial charge is 0.492 e. The number of hydrogen-bond donors (Lipinski definition) is 0. The first-order valence-corrected chi connectivity index (χ1v) is 7.41. The standard InChI is InChI=1S/C18H17ClO/c1-2-3-10-20-18-16-7-5-4-6-13(16)11-14-8-9-15(19)12-17(14)18/h4-9,11-12H,2-3,10H2,1H3. The van der Waals surface area contributed by atoms with E-state index in [-0.39, 0.29) is 0 Å². The molecule has 0 aromatic heterocycles. The van der Waals surface area contributed by atoms with Crippen LogP contribution in [0.25, 0.3) is 21.5 Å². The molecule has 3 aromatic carbocycles. The van der Waals surface area contributed by atoms with Gasteiger partial charge in [-0.3, -0.25) is 0 Å². The number of benzene rings is 3. The predicted octanol–water partition coefficient (Wildman–Crippen LogP) is 5.83. The van der Waals surface area contributed by atoms with Gasteiger partial charge in [-0.2, -0.15) is 0 Å². The van der Waals surface area contributed by atoms with Gasteiger partial charge in [-0.25, -0.2) is 0 Å². The van der Waals surface area contributed by atoms with E-state index in [1.807, 2.05) is 18.2 Å². The van der Waals surface area contributed by atoms with Gasteiger partial charge in [0.05, 0.1) is 6.61 Å². The summed E-state index contributed by atoms with van der Waals surface area (Å²) in [4.78, 5) is 0.